The lowest BCUT2D eigenvalue weighted by atomic mass is 9.81. The number of rotatable bonds is 3. The smallest absolute Gasteiger partial charge is 0.177 e. The Morgan fingerprint density at radius 3 is 2.54 bits per heavy atom. The summed E-state index contributed by atoms with van der Waals surface area (Å²) in [5.74, 6) is 0.109. The maximum absolute atomic E-state index is 12.2. The summed E-state index contributed by atoms with van der Waals surface area (Å²) in [6.07, 6.45) is -0.282. The Morgan fingerprint density at radius 2 is 1.92 bits per heavy atom. The van der Waals surface area contributed by atoms with Crippen LogP contribution in [-0.2, 0) is 0 Å². The van der Waals surface area contributed by atoms with E-state index in [0.29, 0.717) is 5.56 Å². The van der Waals surface area contributed by atoms with Gasteiger partial charge < -0.3 is 5.73 Å². The molecule has 0 fully saturated rings. The molecule has 1 aliphatic heterocycles. The molecule has 0 spiro atoms. The van der Waals surface area contributed by atoms with Crippen LogP contribution in [0.3, 0.4) is 0 Å². The number of Topliss-reactive ketones (excluding diaryl/α,β-unsaturated/α-hetero) is 1. The van der Waals surface area contributed by atoms with E-state index in [1.807, 2.05) is 19.2 Å². The molecular formula is C19H22Cl2N2O. The quantitative estimate of drug-likeness (QED) is 0.663. The average Bonchev–Trinajstić information content (AvgIpc) is 2.57. The molecule has 1 heterocycles. The first-order valence-corrected chi connectivity index (χ1v) is 8.30. The van der Waals surface area contributed by atoms with Gasteiger partial charge in [-0.1, -0.05) is 48.0 Å². The second-order valence-corrected chi connectivity index (χ2v) is 6.48. The van der Waals surface area contributed by atoms with E-state index >= 15 is 0 Å². The standard InChI is InChI=1S/C19H21ClN2O.ClH/c1-12-6-8-13(9-7-12)16-11-22(2)19(21)18-14(16)4-3-5-15(18)17(23)10-20;/h3-9,16,19H,10-11,21H2,1-2H3;1H. The average molecular weight is 365 g/mol. The Morgan fingerprint density at radius 1 is 1.25 bits per heavy atom. The van der Waals surface area contributed by atoms with E-state index in [1.54, 1.807) is 0 Å². The first-order valence-electron chi connectivity index (χ1n) is 7.77. The number of hydrogen-bond donors (Lipinski definition) is 1. The van der Waals surface area contributed by atoms with E-state index in [-0.39, 0.29) is 36.2 Å². The van der Waals surface area contributed by atoms with Crippen LogP contribution in [0.4, 0.5) is 0 Å². The van der Waals surface area contributed by atoms with Gasteiger partial charge >= 0.3 is 0 Å². The molecule has 2 aromatic rings. The van der Waals surface area contributed by atoms with E-state index in [1.165, 1.54) is 11.1 Å². The van der Waals surface area contributed by atoms with Crippen LogP contribution in [0.1, 0.15) is 44.7 Å². The first-order chi connectivity index (χ1) is 11.0. The molecular weight excluding hydrogens is 343 g/mol. The van der Waals surface area contributed by atoms with Crippen molar-refractivity contribution in [2.24, 2.45) is 5.73 Å². The summed E-state index contributed by atoms with van der Waals surface area (Å²) in [4.78, 5) is 14.3. The summed E-state index contributed by atoms with van der Waals surface area (Å²) in [6.45, 7) is 2.91. The van der Waals surface area contributed by atoms with Gasteiger partial charge in [0.2, 0.25) is 0 Å². The molecule has 24 heavy (non-hydrogen) atoms. The van der Waals surface area contributed by atoms with Crippen LogP contribution in [0.2, 0.25) is 0 Å². The van der Waals surface area contributed by atoms with Crippen LogP contribution in [0, 0.1) is 6.92 Å². The Labute approximate surface area is 154 Å². The van der Waals surface area contributed by atoms with Gasteiger partial charge in [0.05, 0.1) is 12.0 Å². The molecule has 0 bridgehead atoms. The molecule has 0 aliphatic carbocycles. The third-order valence-electron chi connectivity index (χ3n) is 4.66. The minimum Gasteiger partial charge on any atom is -0.312 e. The topological polar surface area (TPSA) is 46.3 Å². The van der Waals surface area contributed by atoms with Gasteiger partial charge in [-0.2, -0.15) is 0 Å². The number of hydrogen-bond acceptors (Lipinski definition) is 3. The number of carbonyl (C=O) groups is 1. The van der Waals surface area contributed by atoms with Gasteiger partial charge in [0, 0.05) is 18.0 Å². The van der Waals surface area contributed by atoms with Crippen LogP contribution in [0.25, 0.3) is 0 Å². The molecule has 2 unspecified atom stereocenters. The summed E-state index contributed by atoms with van der Waals surface area (Å²) in [7, 11) is 2.00. The van der Waals surface area contributed by atoms with Crippen LogP contribution in [0.5, 0.6) is 0 Å². The van der Waals surface area contributed by atoms with Crippen molar-refractivity contribution < 1.29 is 4.79 Å². The van der Waals surface area contributed by atoms with E-state index < -0.39 is 0 Å². The molecule has 3 nitrogen and oxygen atoms in total. The van der Waals surface area contributed by atoms with E-state index in [2.05, 4.69) is 42.2 Å². The van der Waals surface area contributed by atoms with Crippen LogP contribution < -0.4 is 5.73 Å². The number of aryl methyl sites for hydroxylation is 1. The molecule has 0 amide bonds. The molecule has 3 rings (SSSR count). The van der Waals surface area contributed by atoms with Gasteiger partial charge in [-0.15, -0.1) is 24.0 Å². The number of nitrogens with zero attached hydrogens (tertiary/aromatic N) is 1. The van der Waals surface area contributed by atoms with E-state index in [9.17, 15) is 4.79 Å². The minimum atomic E-state index is -0.282. The third kappa shape index (κ3) is 3.35. The number of ketones is 1. The fourth-order valence-corrected chi connectivity index (χ4v) is 3.48. The normalized spacial score (nSPS) is 20.2. The zero-order valence-corrected chi connectivity index (χ0v) is 15.4. The molecule has 0 radical (unpaired) electrons. The lowest BCUT2D eigenvalue weighted by Gasteiger charge is -2.38. The van der Waals surface area contributed by atoms with Crippen molar-refractivity contribution in [3.8, 4) is 0 Å². The van der Waals surface area contributed by atoms with Crippen molar-refractivity contribution in [2.75, 3.05) is 19.5 Å². The van der Waals surface area contributed by atoms with Gasteiger partial charge in [-0.05, 0) is 30.7 Å². The molecule has 0 saturated heterocycles. The van der Waals surface area contributed by atoms with Crippen LogP contribution in [-0.4, -0.2) is 30.2 Å². The summed E-state index contributed by atoms with van der Waals surface area (Å²) < 4.78 is 0. The number of carbonyl (C=O) groups excluding carboxylic acids is 1. The number of alkyl halides is 1. The van der Waals surface area contributed by atoms with Gasteiger partial charge in [-0.3, -0.25) is 9.69 Å². The molecule has 2 N–H and O–H groups in total. The summed E-state index contributed by atoms with van der Waals surface area (Å²) in [5.41, 5.74) is 11.6. The highest BCUT2D eigenvalue weighted by Crippen LogP contribution is 2.38. The van der Waals surface area contributed by atoms with Crippen molar-refractivity contribution in [3.63, 3.8) is 0 Å². The third-order valence-corrected chi connectivity index (χ3v) is 4.90. The Balaban J connectivity index is 0.00000208. The summed E-state index contributed by atoms with van der Waals surface area (Å²) in [5, 5.41) is 0. The highest BCUT2D eigenvalue weighted by Gasteiger charge is 2.32. The molecule has 0 saturated carbocycles. The predicted molar refractivity (Wildman–Crippen MR) is 101 cm³/mol. The Kier molecular flexibility index (Phi) is 6.05. The molecule has 5 heteroatoms. The Bertz CT molecular complexity index is 731. The fraction of sp³-hybridized carbons (Fsp3) is 0.316. The van der Waals surface area contributed by atoms with Crippen LogP contribution >= 0.6 is 24.0 Å². The second kappa shape index (κ2) is 7.66. The SMILES string of the molecule is Cc1ccc(C2CN(C)C(N)c3c(C(=O)CCl)cccc32)cc1.Cl. The van der Waals surface area contributed by atoms with Crippen molar-refractivity contribution in [1.82, 2.24) is 4.90 Å². The van der Waals surface area contributed by atoms with Gasteiger partial charge in [0.25, 0.3) is 0 Å². The monoisotopic (exact) mass is 364 g/mol. The lowest BCUT2D eigenvalue weighted by Crippen LogP contribution is -2.41. The fourth-order valence-electron chi connectivity index (χ4n) is 3.34. The second-order valence-electron chi connectivity index (χ2n) is 6.21. The number of benzene rings is 2. The maximum Gasteiger partial charge on any atom is 0.177 e. The highest BCUT2D eigenvalue weighted by atomic mass is 35.5. The van der Waals surface area contributed by atoms with Crippen LogP contribution in [0.15, 0.2) is 42.5 Å². The zero-order chi connectivity index (χ0) is 16.6. The highest BCUT2D eigenvalue weighted by molar-refractivity contribution is 6.30. The Hall–Kier alpha value is -1.39. The number of likely N-dealkylation sites (N-methyl/N-ethyl adjacent to an activating group) is 1. The predicted octanol–water partition coefficient (Wildman–Crippen LogP) is 3.87. The van der Waals surface area contributed by atoms with Gasteiger partial charge in [-0.25, -0.2) is 0 Å². The van der Waals surface area contributed by atoms with Gasteiger partial charge in [0.15, 0.2) is 5.78 Å². The number of halogens is 2. The zero-order valence-electron chi connectivity index (χ0n) is 13.8. The molecule has 2 atom stereocenters. The minimum absolute atomic E-state index is 0. The number of fused-ring (bicyclic) bond motifs is 1. The number of nitrogens with two attached hydrogens (primary N) is 1. The largest absolute Gasteiger partial charge is 0.312 e. The van der Waals surface area contributed by atoms with Gasteiger partial charge in [0.1, 0.15) is 0 Å². The van der Waals surface area contributed by atoms with E-state index in [4.69, 9.17) is 17.3 Å². The molecule has 2 aromatic carbocycles. The van der Waals surface area contributed by atoms with E-state index in [0.717, 1.165) is 17.7 Å². The molecule has 0 aromatic heterocycles. The summed E-state index contributed by atoms with van der Waals surface area (Å²) >= 11 is 5.78. The lowest BCUT2D eigenvalue weighted by molar-refractivity contribution is 0.101. The van der Waals surface area contributed by atoms with Crippen molar-refractivity contribution >= 4 is 29.8 Å². The molecule has 1 aliphatic rings. The molecule has 128 valence electrons. The maximum atomic E-state index is 12.2. The van der Waals surface area contributed by atoms with Crippen molar-refractivity contribution in [1.29, 1.82) is 0 Å². The summed E-state index contributed by atoms with van der Waals surface area (Å²) in [6, 6.07) is 14.4. The van der Waals surface area contributed by atoms with Crippen molar-refractivity contribution in [3.05, 3.63) is 70.3 Å². The van der Waals surface area contributed by atoms with Crippen molar-refractivity contribution in [2.45, 2.75) is 19.0 Å². The first kappa shape index (κ1) is 18.9.